The van der Waals surface area contributed by atoms with Gasteiger partial charge in [0.2, 0.25) is 0 Å². The van der Waals surface area contributed by atoms with E-state index in [1.165, 1.54) is 32.1 Å². The molecule has 2 unspecified atom stereocenters. The minimum Gasteiger partial charge on any atom is -0.330 e. The van der Waals surface area contributed by atoms with Crippen molar-refractivity contribution in [1.82, 2.24) is 0 Å². The zero-order chi connectivity index (χ0) is 7.90. The molecule has 1 nitrogen and oxygen atoms in total. The molecule has 2 aliphatic carbocycles. The average molecular weight is 153 g/mol. The second-order valence-corrected chi connectivity index (χ2v) is 4.42. The molecule has 2 saturated carbocycles. The van der Waals surface area contributed by atoms with Crippen LogP contribution in [-0.2, 0) is 0 Å². The van der Waals surface area contributed by atoms with Crippen LogP contribution in [0.2, 0.25) is 0 Å². The highest BCUT2D eigenvalue weighted by molar-refractivity contribution is 5.03. The van der Waals surface area contributed by atoms with E-state index in [0.717, 1.165) is 18.4 Å². The molecule has 0 amide bonds. The predicted molar refractivity (Wildman–Crippen MR) is 47.2 cm³/mol. The van der Waals surface area contributed by atoms with Crippen LogP contribution in [0.15, 0.2) is 0 Å². The van der Waals surface area contributed by atoms with E-state index in [9.17, 15) is 0 Å². The molecule has 0 radical (unpaired) electrons. The Labute approximate surface area is 69.4 Å². The molecule has 64 valence electrons. The monoisotopic (exact) mass is 153 g/mol. The van der Waals surface area contributed by atoms with E-state index < -0.39 is 0 Å². The Morgan fingerprint density at radius 1 is 1.45 bits per heavy atom. The highest BCUT2D eigenvalue weighted by Crippen LogP contribution is 2.60. The standard InChI is InChI=1S/C10H19N/c1-2-10(7-11)6-8-4-3-5-9(8)10/h8-9H,2-7,11H2,1H3/t8?,9?,10-/m0/s1. The van der Waals surface area contributed by atoms with Gasteiger partial charge in [-0.15, -0.1) is 0 Å². The van der Waals surface area contributed by atoms with Crippen LogP contribution in [0.1, 0.15) is 39.0 Å². The van der Waals surface area contributed by atoms with Gasteiger partial charge in [-0.3, -0.25) is 0 Å². The second-order valence-electron chi connectivity index (χ2n) is 4.42. The molecule has 0 bridgehead atoms. The quantitative estimate of drug-likeness (QED) is 0.646. The number of rotatable bonds is 2. The van der Waals surface area contributed by atoms with Crippen LogP contribution in [0.3, 0.4) is 0 Å². The molecule has 2 rings (SSSR count). The lowest BCUT2D eigenvalue weighted by Gasteiger charge is -2.52. The van der Waals surface area contributed by atoms with Gasteiger partial charge in [-0.1, -0.05) is 19.8 Å². The smallest absolute Gasteiger partial charge is 0.00178 e. The molecular weight excluding hydrogens is 134 g/mol. The van der Waals surface area contributed by atoms with Crippen LogP contribution in [0.5, 0.6) is 0 Å². The lowest BCUT2D eigenvalue weighted by Crippen LogP contribution is -2.49. The van der Waals surface area contributed by atoms with Gasteiger partial charge in [-0.25, -0.2) is 0 Å². The summed E-state index contributed by atoms with van der Waals surface area (Å²) in [5.41, 5.74) is 6.42. The first-order valence-corrected chi connectivity index (χ1v) is 5.02. The summed E-state index contributed by atoms with van der Waals surface area (Å²) >= 11 is 0. The Hall–Kier alpha value is -0.0400. The minimum atomic E-state index is 0.584. The van der Waals surface area contributed by atoms with Gasteiger partial charge in [0.15, 0.2) is 0 Å². The molecular formula is C10H19N. The summed E-state index contributed by atoms with van der Waals surface area (Å²) in [5, 5.41) is 0. The van der Waals surface area contributed by atoms with Crippen molar-refractivity contribution >= 4 is 0 Å². The van der Waals surface area contributed by atoms with E-state index in [4.69, 9.17) is 5.73 Å². The van der Waals surface area contributed by atoms with Crippen molar-refractivity contribution in [2.75, 3.05) is 6.54 Å². The Bertz CT molecular complexity index is 149. The maximum absolute atomic E-state index is 5.84. The molecule has 2 fully saturated rings. The fraction of sp³-hybridized carbons (Fsp3) is 1.00. The molecule has 3 atom stereocenters. The molecule has 0 aromatic heterocycles. The largest absolute Gasteiger partial charge is 0.330 e. The van der Waals surface area contributed by atoms with Crippen molar-refractivity contribution in [3.05, 3.63) is 0 Å². The predicted octanol–water partition coefficient (Wildman–Crippen LogP) is 2.16. The van der Waals surface area contributed by atoms with Crippen LogP contribution in [0.4, 0.5) is 0 Å². The van der Waals surface area contributed by atoms with E-state index in [0.29, 0.717) is 5.41 Å². The lowest BCUT2D eigenvalue weighted by atomic mass is 9.54. The highest BCUT2D eigenvalue weighted by atomic mass is 14.7. The first-order chi connectivity index (χ1) is 5.32. The minimum absolute atomic E-state index is 0.584. The van der Waals surface area contributed by atoms with Crippen molar-refractivity contribution in [2.24, 2.45) is 23.0 Å². The fourth-order valence-electron chi connectivity index (χ4n) is 3.39. The molecule has 11 heavy (non-hydrogen) atoms. The van der Waals surface area contributed by atoms with E-state index in [1.807, 2.05) is 0 Å². The van der Waals surface area contributed by atoms with Crippen LogP contribution in [0, 0.1) is 17.3 Å². The molecule has 0 aromatic carbocycles. The van der Waals surface area contributed by atoms with Crippen LogP contribution >= 0.6 is 0 Å². The van der Waals surface area contributed by atoms with Gasteiger partial charge in [0.05, 0.1) is 0 Å². The maximum atomic E-state index is 5.84. The Kier molecular flexibility index (Phi) is 1.71. The van der Waals surface area contributed by atoms with Gasteiger partial charge in [-0.05, 0) is 43.1 Å². The molecule has 2 aliphatic rings. The van der Waals surface area contributed by atoms with E-state index in [-0.39, 0.29) is 0 Å². The SMILES string of the molecule is CC[C@@]1(CN)CC2CCCC21. The van der Waals surface area contributed by atoms with Gasteiger partial charge < -0.3 is 5.73 Å². The number of fused-ring (bicyclic) bond motifs is 1. The topological polar surface area (TPSA) is 26.0 Å². The third-order valence-corrected chi connectivity index (χ3v) is 4.23. The van der Waals surface area contributed by atoms with Crippen LogP contribution in [-0.4, -0.2) is 6.54 Å². The molecule has 0 saturated heterocycles. The van der Waals surface area contributed by atoms with E-state index in [2.05, 4.69) is 6.92 Å². The summed E-state index contributed by atoms with van der Waals surface area (Å²) in [7, 11) is 0. The van der Waals surface area contributed by atoms with Crippen LogP contribution in [0.25, 0.3) is 0 Å². The maximum Gasteiger partial charge on any atom is -0.00178 e. The average Bonchev–Trinajstić information content (AvgIpc) is 2.37. The van der Waals surface area contributed by atoms with Gasteiger partial charge in [0.25, 0.3) is 0 Å². The summed E-state index contributed by atoms with van der Waals surface area (Å²) in [6, 6.07) is 0. The summed E-state index contributed by atoms with van der Waals surface area (Å²) < 4.78 is 0. The van der Waals surface area contributed by atoms with Gasteiger partial charge in [-0.2, -0.15) is 0 Å². The van der Waals surface area contributed by atoms with Crippen molar-refractivity contribution < 1.29 is 0 Å². The molecule has 0 heterocycles. The van der Waals surface area contributed by atoms with Crippen molar-refractivity contribution in [1.29, 1.82) is 0 Å². The van der Waals surface area contributed by atoms with Gasteiger partial charge in [0, 0.05) is 0 Å². The molecule has 0 spiro atoms. The zero-order valence-electron chi connectivity index (χ0n) is 7.47. The Balaban J connectivity index is 2.06. The third kappa shape index (κ3) is 0.868. The zero-order valence-corrected chi connectivity index (χ0v) is 7.47. The Morgan fingerprint density at radius 2 is 2.27 bits per heavy atom. The number of hydrogen-bond donors (Lipinski definition) is 1. The summed E-state index contributed by atoms with van der Waals surface area (Å²) in [6.07, 6.45) is 7.18. The molecule has 1 heteroatoms. The summed E-state index contributed by atoms with van der Waals surface area (Å²) in [5.74, 6) is 2.08. The molecule has 2 N–H and O–H groups in total. The van der Waals surface area contributed by atoms with Gasteiger partial charge >= 0.3 is 0 Å². The first-order valence-electron chi connectivity index (χ1n) is 5.02. The second kappa shape index (κ2) is 2.48. The van der Waals surface area contributed by atoms with E-state index in [1.54, 1.807) is 0 Å². The molecule has 0 aliphatic heterocycles. The fourth-order valence-corrected chi connectivity index (χ4v) is 3.39. The van der Waals surface area contributed by atoms with E-state index >= 15 is 0 Å². The highest BCUT2D eigenvalue weighted by Gasteiger charge is 2.52. The molecule has 0 aromatic rings. The van der Waals surface area contributed by atoms with Gasteiger partial charge in [0.1, 0.15) is 0 Å². The van der Waals surface area contributed by atoms with Crippen molar-refractivity contribution in [3.63, 3.8) is 0 Å². The van der Waals surface area contributed by atoms with Crippen molar-refractivity contribution in [2.45, 2.75) is 39.0 Å². The normalized spacial score (nSPS) is 48.5. The third-order valence-electron chi connectivity index (χ3n) is 4.23. The summed E-state index contributed by atoms with van der Waals surface area (Å²) in [4.78, 5) is 0. The van der Waals surface area contributed by atoms with Crippen LogP contribution < -0.4 is 5.73 Å². The summed E-state index contributed by atoms with van der Waals surface area (Å²) in [6.45, 7) is 3.24. The lowest BCUT2D eigenvalue weighted by molar-refractivity contribution is -0.0163. The Morgan fingerprint density at radius 3 is 2.82 bits per heavy atom. The number of hydrogen-bond acceptors (Lipinski definition) is 1. The first kappa shape index (κ1) is 7.60. The number of nitrogens with two attached hydrogens (primary N) is 1. The van der Waals surface area contributed by atoms with Crippen molar-refractivity contribution in [3.8, 4) is 0 Å².